The van der Waals surface area contributed by atoms with Crippen LogP contribution in [0.2, 0.25) is 0 Å². The number of fused-ring (bicyclic) bond motifs is 1. The van der Waals surface area contributed by atoms with Crippen LogP contribution in [-0.2, 0) is 0 Å². The first-order valence-corrected chi connectivity index (χ1v) is 4.97. The van der Waals surface area contributed by atoms with Crippen LogP contribution in [0.15, 0.2) is 36.7 Å². The van der Waals surface area contributed by atoms with Crippen molar-refractivity contribution >= 4 is 11.6 Å². The third kappa shape index (κ3) is 1.46. The first-order chi connectivity index (χ1) is 8.25. The molecule has 3 heterocycles. The van der Waals surface area contributed by atoms with E-state index in [1.54, 1.807) is 18.5 Å². The highest BCUT2D eigenvalue weighted by Gasteiger charge is 2.12. The van der Waals surface area contributed by atoms with Gasteiger partial charge in [-0.15, -0.1) is 0 Å². The second-order valence-electron chi connectivity index (χ2n) is 3.52. The number of carboxylic acid groups (broad SMARTS) is 1. The summed E-state index contributed by atoms with van der Waals surface area (Å²) in [5, 5.41) is 12.9. The van der Waals surface area contributed by atoms with E-state index in [1.165, 1.54) is 10.6 Å². The largest absolute Gasteiger partial charge is 0.476 e. The summed E-state index contributed by atoms with van der Waals surface area (Å²) in [4.78, 5) is 18.0. The Labute approximate surface area is 95.5 Å². The molecule has 0 aliphatic heterocycles. The summed E-state index contributed by atoms with van der Waals surface area (Å²) >= 11 is 0. The van der Waals surface area contributed by atoms with Gasteiger partial charge in [-0.2, -0.15) is 5.10 Å². The smallest absolute Gasteiger partial charge is 0.356 e. The lowest BCUT2D eigenvalue weighted by Gasteiger charge is -2.00. The Morgan fingerprint density at radius 1 is 1.41 bits per heavy atom. The normalized spacial score (nSPS) is 10.8. The maximum Gasteiger partial charge on any atom is 0.356 e. The molecule has 3 aromatic heterocycles. The molecule has 0 unspecified atom stereocenters. The zero-order valence-corrected chi connectivity index (χ0v) is 8.66. The maximum atomic E-state index is 10.9. The molecule has 0 radical (unpaired) electrons. The van der Waals surface area contributed by atoms with Crippen LogP contribution in [0.1, 0.15) is 10.5 Å². The third-order valence-electron chi connectivity index (χ3n) is 2.45. The molecule has 0 amide bonds. The van der Waals surface area contributed by atoms with Gasteiger partial charge < -0.3 is 10.1 Å². The highest BCUT2D eigenvalue weighted by molar-refractivity contribution is 5.86. The van der Waals surface area contributed by atoms with Crippen molar-refractivity contribution in [2.45, 2.75) is 0 Å². The van der Waals surface area contributed by atoms with Crippen molar-refractivity contribution < 1.29 is 9.90 Å². The molecule has 17 heavy (non-hydrogen) atoms. The number of hydrogen-bond donors (Lipinski definition) is 2. The summed E-state index contributed by atoms with van der Waals surface area (Å²) in [6.07, 6.45) is 3.42. The molecule has 0 aliphatic rings. The number of aromatic nitrogens is 4. The summed E-state index contributed by atoms with van der Waals surface area (Å²) in [6, 6.07) is 6.96. The van der Waals surface area contributed by atoms with E-state index >= 15 is 0 Å². The Morgan fingerprint density at radius 3 is 3.00 bits per heavy atom. The average molecular weight is 228 g/mol. The topological polar surface area (TPSA) is 83.3 Å². The number of nitrogens with zero attached hydrogens (tertiary/aromatic N) is 3. The molecule has 0 aromatic carbocycles. The van der Waals surface area contributed by atoms with E-state index in [1.807, 2.05) is 12.1 Å². The first-order valence-electron chi connectivity index (χ1n) is 4.97. The van der Waals surface area contributed by atoms with E-state index in [-0.39, 0.29) is 5.69 Å². The van der Waals surface area contributed by atoms with Gasteiger partial charge in [0.25, 0.3) is 0 Å². The Morgan fingerprint density at radius 2 is 2.29 bits per heavy atom. The van der Waals surface area contributed by atoms with Crippen molar-refractivity contribution in [2.75, 3.05) is 0 Å². The molecule has 6 heteroatoms. The highest BCUT2D eigenvalue weighted by Crippen LogP contribution is 2.17. The van der Waals surface area contributed by atoms with E-state index in [9.17, 15) is 4.79 Å². The van der Waals surface area contributed by atoms with Crippen LogP contribution < -0.4 is 0 Å². The monoisotopic (exact) mass is 228 g/mol. The van der Waals surface area contributed by atoms with E-state index < -0.39 is 5.97 Å². The van der Waals surface area contributed by atoms with Crippen LogP contribution in [0.25, 0.3) is 17.0 Å². The van der Waals surface area contributed by atoms with Crippen molar-refractivity contribution in [3.63, 3.8) is 0 Å². The van der Waals surface area contributed by atoms with Gasteiger partial charge in [-0.25, -0.2) is 14.3 Å². The Balaban J connectivity index is 2.29. The number of aromatic amines is 1. The molecule has 0 bridgehead atoms. The van der Waals surface area contributed by atoms with Crippen molar-refractivity contribution in [1.29, 1.82) is 0 Å². The Bertz CT molecular complexity index is 685. The second kappa shape index (κ2) is 3.44. The van der Waals surface area contributed by atoms with E-state index in [4.69, 9.17) is 5.11 Å². The number of nitrogens with one attached hydrogen (secondary N) is 1. The minimum Gasteiger partial charge on any atom is -0.476 e. The number of carboxylic acids is 1. The third-order valence-corrected chi connectivity index (χ3v) is 2.45. The van der Waals surface area contributed by atoms with Gasteiger partial charge in [0.15, 0.2) is 11.3 Å². The fourth-order valence-electron chi connectivity index (χ4n) is 1.69. The minimum atomic E-state index is -1.06. The lowest BCUT2D eigenvalue weighted by Crippen LogP contribution is -1.99. The molecule has 3 aromatic rings. The van der Waals surface area contributed by atoms with Gasteiger partial charge in [0.1, 0.15) is 0 Å². The summed E-state index contributed by atoms with van der Waals surface area (Å²) in [5.74, 6) is -1.06. The van der Waals surface area contributed by atoms with E-state index in [0.717, 1.165) is 11.4 Å². The first kappa shape index (κ1) is 9.59. The molecule has 3 rings (SSSR count). The Kier molecular flexibility index (Phi) is 1.94. The van der Waals surface area contributed by atoms with E-state index in [2.05, 4.69) is 15.1 Å². The number of aromatic carboxylic acids is 1. The number of carbonyl (C=O) groups is 1. The second-order valence-corrected chi connectivity index (χ2v) is 3.52. The molecule has 0 atom stereocenters. The highest BCUT2D eigenvalue weighted by atomic mass is 16.4. The predicted octanol–water partition coefficient (Wildman–Crippen LogP) is 1.42. The van der Waals surface area contributed by atoms with Crippen LogP contribution in [0.3, 0.4) is 0 Å². The van der Waals surface area contributed by atoms with Crippen LogP contribution in [0.5, 0.6) is 0 Å². The van der Waals surface area contributed by atoms with Crippen molar-refractivity contribution in [1.82, 2.24) is 19.6 Å². The van der Waals surface area contributed by atoms with Gasteiger partial charge in [-0.1, -0.05) is 0 Å². The van der Waals surface area contributed by atoms with Gasteiger partial charge in [0.05, 0.1) is 11.4 Å². The van der Waals surface area contributed by atoms with Crippen molar-refractivity contribution in [3.8, 4) is 11.4 Å². The van der Waals surface area contributed by atoms with Gasteiger partial charge in [0.2, 0.25) is 0 Å². The molecule has 0 aliphatic carbocycles. The SMILES string of the molecule is O=C(O)c1cc2nccc(-c3ccc[nH]3)n2n1. The van der Waals surface area contributed by atoms with Gasteiger partial charge in [-0.05, 0) is 18.2 Å². The average Bonchev–Trinajstić information content (AvgIpc) is 2.97. The molecule has 0 saturated heterocycles. The van der Waals surface area contributed by atoms with Crippen LogP contribution in [0, 0.1) is 0 Å². The zero-order chi connectivity index (χ0) is 11.8. The summed E-state index contributed by atoms with van der Waals surface area (Å²) in [5.41, 5.74) is 2.12. The van der Waals surface area contributed by atoms with Crippen molar-refractivity contribution in [2.24, 2.45) is 0 Å². The lowest BCUT2D eigenvalue weighted by atomic mass is 10.3. The number of H-pyrrole nitrogens is 1. The molecule has 0 fully saturated rings. The van der Waals surface area contributed by atoms with Crippen LogP contribution in [0.4, 0.5) is 0 Å². The van der Waals surface area contributed by atoms with Gasteiger partial charge >= 0.3 is 5.97 Å². The molecule has 0 saturated carbocycles. The fraction of sp³-hybridized carbons (Fsp3) is 0. The van der Waals surface area contributed by atoms with Gasteiger partial charge in [-0.3, -0.25) is 0 Å². The molecular formula is C11H8N4O2. The quantitative estimate of drug-likeness (QED) is 0.694. The molecular weight excluding hydrogens is 220 g/mol. The lowest BCUT2D eigenvalue weighted by molar-refractivity contribution is 0.0690. The number of hydrogen-bond acceptors (Lipinski definition) is 3. The maximum absolute atomic E-state index is 10.9. The summed E-state index contributed by atoms with van der Waals surface area (Å²) < 4.78 is 1.51. The van der Waals surface area contributed by atoms with Gasteiger partial charge in [0, 0.05) is 18.5 Å². The number of rotatable bonds is 2. The fourth-order valence-corrected chi connectivity index (χ4v) is 1.69. The summed E-state index contributed by atoms with van der Waals surface area (Å²) in [7, 11) is 0. The van der Waals surface area contributed by atoms with E-state index in [0.29, 0.717) is 5.65 Å². The van der Waals surface area contributed by atoms with Crippen molar-refractivity contribution in [3.05, 3.63) is 42.4 Å². The minimum absolute atomic E-state index is 0.0171. The molecule has 84 valence electrons. The molecule has 0 spiro atoms. The van der Waals surface area contributed by atoms with Crippen LogP contribution >= 0.6 is 0 Å². The molecule has 2 N–H and O–H groups in total. The standard InChI is InChI=1S/C11H8N4O2/c16-11(17)8-6-10-13-5-3-9(15(10)14-8)7-2-1-4-12-7/h1-6,12H,(H,16,17). The molecule has 6 nitrogen and oxygen atoms in total. The summed E-state index contributed by atoms with van der Waals surface area (Å²) in [6.45, 7) is 0. The Hall–Kier alpha value is -2.63. The predicted molar refractivity (Wildman–Crippen MR) is 59.7 cm³/mol. The zero-order valence-electron chi connectivity index (χ0n) is 8.66. The van der Waals surface area contributed by atoms with Crippen LogP contribution in [-0.4, -0.2) is 30.7 Å².